The number of hydrogen-bond donors (Lipinski definition) is 1. The van der Waals surface area contributed by atoms with Crippen molar-refractivity contribution in [1.82, 2.24) is 10.2 Å². The second-order valence-electron chi connectivity index (χ2n) is 8.87. The summed E-state index contributed by atoms with van der Waals surface area (Å²) in [6, 6.07) is 15.2. The summed E-state index contributed by atoms with van der Waals surface area (Å²) in [5.74, 6) is 2.52. The maximum atomic E-state index is 12.5. The van der Waals surface area contributed by atoms with Gasteiger partial charge in [-0.25, -0.2) is 0 Å². The zero-order valence-electron chi connectivity index (χ0n) is 19.5. The topological polar surface area (TPSA) is 67.9 Å². The van der Waals surface area contributed by atoms with Gasteiger partial charge in [0.15, 0.2) is 6.61 Å². The van der Waals surface area contributed by atoms with E-state index in [-0.39, 0.29) is 30.4 Å². The predicted molar refractivity (Wildman–Crippen MR) is 125 cm³/mol. The van der Waals surface area contributed by atoms with Crippen LogP contribution in [0.4, 0.5) is 0 Å². The first-order chi connectivity index (χ1) is 15.3. The summed E-state index contributed by atoms with van der Waals surface area (Å²) in [5, 5.41) is 3.08. The maximum Gasteiger partial charge on any atom is 0.260 e. The van der Waals surface area contributed by atoms with Crippen molar-refractivity contribution in [3.05, 3.63) is 54.1 Å². The maximum absolute atomic E-state index is 12.5. The third-order valence-electron chi connectivity index (χ3n) is 6.03. The van der Waals surface area contributed by atoms with Crippen molar-refractivity contribution in [2.24, 2.45) is 11.8 Å². The normalized spacial score (nSPS) is 15.3. The molecule has 3 rings (SSSR count). The summed E-state index contributed by atoms with van der Waals surface area (Å²) >= 11 is 0. The number of ether oxygens (including phenoxy) is 2. The molecule has 1 N–H and O–H groups in total. The van der Waals surface area contributed by atoms with Crippen molar-refractivity contribution in [2.75, 3.05) is 19.7 Å². The lowest BCUT2D eigenvalue weighted by atomic mass is 9.95. The first-order valence-electron chi connectivity index (χ1n) is 11.4. The van der Waals surface area contributed by atoms with Crippen LogP contribution >= 0.6 is 0 Å². The van der Waals surface area contributed by atoms with Crippen molar-refractivity contribution in [3.8, 4) is 17.2 Å². The lowest BCUT2D eigenvalue weighted by Gasteiger charge is -2.32. The van der Waals surface area contributed by atoms with Gasteiger partial charge in [-0.05, 0) is 69.0 Å². The zero-order valence-corrected chi connectivity index (χ0v) is 19.5. The molecule has 6 nitrogen and oxygen atoms in total. The number of carbonyl (C=O) groups is 2. The molecule has 0 bridgehead atoms. The standard InChI is InChI=1S/C26H34N2O4/c1-18(2)20(4)27-26(30)21-13-15-28(16-14-21)25(29)17-31-22-9-11-24(12-10-22)32-23-7-5-19(3)6-8-23/h5-12,18,20-21H,13-17H2,1-4H3,(H,27,30). The highest BCUT2D eigenvalue weighted by molar-refractivity contribution is 5.80. The van der Waals surface area contributed by atoms with E-state index in [0.717, 1.165) is 5.75 Å². The third-order valence-corrected chi connectivity index (χ3v) is 6.03. The molecule has 1 atom stereocenters. The number of likely N-dealkylation sites (tertiary alicyclic amines) is 1. The van der Waals surface area contributed by atoms with E-state index in [9.17, 15) is 9.59 Å². The molecule has 1 aliphatic heterocycles. The first kappa shape index (κ1) is 23.6. The van der Waals surface area contributed by atoms with Gasteiger partial charge in [-0.1, -0.05) is 31.5 Å². The Balaban J connectivity index is 1.41. The van der Waals surface area contributed by atoms with Gasteiger partial charge in [0.25, 0.3) is 5.91 Å². The molecule has 32 heavy (non-hydrogen) atoms. The Morgan fingerprint density at radius 1 is 0.938 bits per heavy atom. The Morgan fingerprint density at radius 2 is 1.47 bits per heavy atom. The van der Waals surface area contributed by atoms with Crippen LogP contribution in [0.1, 0.15) is 39.2 Å². The average Bonchev–Trinajstić information content (AvgIpc) is 2.80. The van der Waals surface area contributed by atoms with Gasteiger partial charge in [0.05, 0.1) is 0 Å². The Kier molecular flexibility index (Phi) is 8.14. The molecule has 0 aromatic heterocycles. The molecule has 0 aliphatic carbocycles. The van der Waals surface area contributed by atoms with Gasteiger partial charge in [-0.3, -0.25) is 9.59 Å². The van der Waals surface area contributed by atoms with Gasteiger partial charge >= 0.3 is 0 Å². The van der Waals surface area contributed by atoms with Gasteiger partial charge in [0, 0.05) is 25.0 Å². The number of nitrogens with zero attached hydrogens (tertiary/aromatic N) is 1. The van der Waals surface area contributed by atoms with Gasteiger partial charge in [0.2, 0.25) is 5.91 Å². The average molecular weight is 439 g/mol. The van der Waals surface area contributed by atoms with E-state index in [1.165, 1.54) is 5.56 Å². The van der Waals surface area contributed by atoms with Crippen LogP contribution in [-0.4, -0.2) is 42.5 Å². The number of rotatable bonds is 8. The van der Waals surface area contributed by atoms with E-state index in [1.807, 2.05) is 50.2 Å². The van der Waals surface area contributed by atoms with Crippen molar-refractivity contribution >= 4 is 11.8 Å². The minimum atomic E-state index is -0.0561. The molecule has 1 fully saturated rings. The Hall–Kier alpha value is -3.02. The summed E-state index contributed by atoms with van der Waals surface area (Å²) in [6.07, 6.45) is 1.38. The summed E-state index contributed by atoms with van der Waals surface area (Å²) in [4.78, 5) is 26.7. The van der Waals surface area contributed by atoms with E-state index >= 15 is 0 Å². The molecular formula is C26H34N2O4. The minimum absolute atomic E-state index is 0.0145. The zero-order chi connectivity index (χ0) is 23.1. The summed E-state index contributed by atoms with van der Waals surface area (Å²) in [5.41, 5.74) is 1.18. The quantitative estimate of drug-likeness (QED) is 0.656. The SMILES string of the molecule is Cc1ccc(Oc2ccc(OCC(=O)N3CCC(C(=O)NC(C)C(C)C)CC3)cc2)cc1. The van der Waals surface area contributed by atoms with Crippen molar-refractivity contribution in [1.29, 1.82) is 0 Å². The number of hydrogen-bond acceptors (Lipinski definition) is 4. The van der Waals surface area contributed by atoms with Gasteiger partial charge < -0.3 is 19.7 Å². The lowest BCUT2D eigenvalue weighted by molar-refractivity contribution is -0.137. The van der Waals surface area contributed by atoms with Crippen LogP contribution < -0.4 is 14.8 Å². The van der Waals surface area contributed by atoms with Crippen molar-refractivity contribution in [3.63, 3.8) is 0 Å². The van der Waals surface area contributed by atoms with E-state index in [4.69, 9.17) is 9.47 Å². The fraction of sp³-hybridized carbons (Fsp3) is 0.462. The highest BCUT2D eigenvalue weighted by atomic mass is 16.5. The Morgan fingerprint density at radius 3 is 2.03 bits per heavy atom. The highest BCUT2D eigenvalue weighted by Crippen LogP contribution is 2.24. The van der Waals surface area contributed by atoms with E-state index < -0.39 is 0 Å². The van der Waals surface area contributed by atoms with E-state index in [0.29, 0.717) is 43.3 Å². The summed E-state index contributed by atoms with van der Waals surface area (Å²) in [7, 11) is 0. The monoisotopic (exact) mass is 438 g/mol. The largest absolute Gasteiger partial charge is 0.484 e. The number of piperidine rings is 1. The van der Waals surface area contributed by atoms with Crippen LogP contribution in [-0.2, 0) is 9.59 Å². The number of aryl methyl sites for hydroxylation is 1. The van der Waals surface area contributed by atoms with Crippen LogP contribution in [0.25, 0.3) is 0 Å². The molecule has 6 heteroatoms. The number of benzene rings is 2. The van der Waals surface area contributed by atoms with Gasteiger partial charge in [-0.2, -0.15) is 0 Å². The summed E-state index contributed by atoms with van der Waals surface area (Å²) in [6.45, 7) is 9.40. The van der Waals surface area contributed by atoms with Gasteiger partial charge in [0.1, 0.15) is 17.2 Å². The molecule has 2 amide bonds. The molecule has 1 unspecified atom stereocenters. The molecule has 2 aromatic rings. The lowest BCUT2D eigenvalue weighted by Crippen LogP contribution is -2.46. The first-order valence-corrected chi connectivity index (χ1v) is 11.4. The Labute approximate surface area is 190 Å². The van der Waals surface area contributed by atoms with Crippen LogP contribution in [0.3, 0.4) is 0 Å². The smallest absolute Gasteiger partial charge is 0.260 e. The van der Waals surface area contributed by atoms with Crippen LogP contribution in [0.2, 0.25) is 0 Å². The molecule has 1 heterocycles. The molecular weight excluding hydrogens is 404 g/mol. The summed E-state index contributed by atoms with van der Waals surface area (Å²) < 4.78 is 11.5. The van der Waals surface area contributed by atoms with E-state index in [1.54, 1.807) is 17.0 Å². The highest BCUT2D eigenvalue weighted by Gasteiger charge is 2.28. The molecule has 2 aromatic carbocycles. The number of carbonyl (C=O) groups excluding carboxylic acids is 2. The molecule has 1 saturated heterocycles. The van der Waals surface area contributed by atoms with E-state index in [2.05, 4.69) is 19.2 Å². The number of nitrogens with one attached hydrogen (secondary N) is 1. The molecule has 0 saturated carbocycles. The molecule has 0 spiro atoms. The molecule has 0 radical (unpaired) electrons. The third kappa shape index (κ3) is 6.74. The van der Waals surface area contributed by atoms with Gasteiger partial charge in [-0.15, -0.1) is 0 Å². The van der Waals surface area contributed by atoms with Crippen LogP contribution in [0.5, 0.6) is 17.2 Å². The fourth-order valence-electron chi connectivity index (χ4n) is 3.48. The second kappa shape index (κ2) is 11.0. The number of amides is 2. The van der Waals surface area contributed by atoms with Crippen molar-refractivity contribution in [2.45, 2.75) is 46.6 Å². The molecule has 1 aliphatic rings. The van der Waals surface area contributed by atoms with Crippen LogP contribution in [0.15, 0.2) is 48.5 Å². The van der Waals surface area contributed by atoms with Crippen molar-refractivity contribution < 1.29 is 19.1 Å². The minimum Gasteiger partial charge on any atom is -0.484 e. The second-order valence-corrected chi connectivity index (χ2v) is 8.87. The fourth-order valence-corrected chi connectivity index (χ4v) is 3.48. The molecule has 172 valence electrons. The van der Waals surface area contributed by atoms with Crippen LogP contribution in [0, 0.1) is 18.8 Å². The Bertz CT molecular complexity index is 885. The predicted octanol–water partition coefficient (Wildman–Crippen LogP) is 4.57.